The molecule has 74 valence electrons. The molecule has 0 aliphatic rings. The van der Waals surface area contributed by atoms with E-state index in [1.807, 2.05) is 18.7 Å². The van der Waals surface area contributed by atoms with Crippen LogP contribution in [0.3, 0.4) is 0 Å². The van der Waals surface area contributed by atoms with Gasteiger partial charge in [0.25, 0.3) is 0 Å². The molecule has 0 aliphatic heterocycles. The first-order valence-corrected chi connectivity index (χ1v) is 6.84. The SMILES string of the molecule is Cc1csc(CSCC(C)CCl)n1. The van der Waals surface area contributed by atoms with Crippen LogP contribution in [0.25, 0.3) is 0 Å². The highest BCUT2D eigenvalue weighted by molar-refractivity contribution is 7.98. The first-order chi connectivity index (χ1) is 6.22. The van der Waals surface area contributed by atoms with E-state index >= 15 is 0 Å². The molecule has 0 radical (unpaired) electrons. The molecule has 0 saturated heterocycles. The van der Waals surface area contributed by atoms with Gasteiger partial charge in [0.15, 0.2) is 0 Å². The molecule has 1 nitrogen and oxygen atoms in total. The van der Waals surface area contributed by atoms with E-state index in [0.717, 1.165) is 23.1 Å². The van der Waals surface area contributed by atoms with E-state index in [0.29, 0.717) is 5.92 Å². The van der Waals surface area contributed by atoms with Crippen molar-refractivity contribution in [1.82, 2.24) is 4.98 Å². The summed E-state index contributed by atoms with van der Waals surface area (Å²) < 4.78 is 0. The molecule has 1 aromatic rings. The highest BCUT2D eigenvalue weighted by Gasteiger charge is 2.02. The third-order valence-corrected chi connectivity index (χ3v) is 4.52. The minimum atomic E-state index is 0.604. The number of thioether (sulfide) groups is 1. The Hall–Kier alpha value is 0.270. The van der Waals surface area contributed by atoms with Gasteiger partial charge in [0.1, 0.15) is 5.01 Å². The Balaban J connectivity index is 2.20. The molecule has 0 aliphatic carbocycles. The Labute approximate surface area is 92.9 Å². The smallest absolute Gasteiger partial charge is 0.103 e. The maximum Gasteiger partial charge on any atom is 0.103 e. The summed E-state index contributed by atoms with van der Waals surface area (Å²) in [6.07, 6.45) is 0. The Morgan fingerprint density at radius 3 is 3.00 bits per heavy atom. The molecule has 1 atom stereocenters. The molecule has 0 spiro atoms. The fourth-order valence-electron chi connectivity index (χ4n) is 0.861. The van der Waals surface area contributed by atoms with Crippen molar-refractivity contribution in [3.8, 4) is 0 Å². The maximum atomic E-state index is 5.71. The second-order valence-corrected chi connectivity index (χ2v) is 5.44. The minimum Gasteiger partial charge on any atom is -0.246 e. The predicted molar refractivity (Wildman–Crippen MR) is 62.9 cm³/mol. The van der Waals surface area contributed by atoms with Crippen molar-refractivity contribution >= 4 is 34.7 Å². The van der Waals surface area contributed by atoms with E-state index in [2.05, 4.69) is 17.3 Å². The average molecular weight is 236 g/mol. The van der Waals surface area contributed by atoms with Gasteiger partial charge in [-0.05, 0) is 18.6 Å². The molecule has 0 fully saturated rings. The van der Waals surface area contributed by atoms with E-state index in [1.165, 1.54) is 5.01 Å². The van der Waals surface area contributed by atoms with Gasteiger partial charge in [-0.15, -0.1) is 22.9 Å². The Bertz CT molecular complexity index is 250. The van der Waals surface area contributed by atoms with Crippen LogP contribution in [-0.4, -0.2) is 16.6 Å². The lowest BCUT2D eigenvalue weighted by Gasteiger charge is -2.04. The first-order valence-electron chi connectivity index (χ1n) is 4.27. The Morgan fingerprint density at radius 1 is 1.69 bits per heavy atom. The van der Waals surface area contributed by atoms with E-state index in [4.69, 9.17) is 11.6 Å². The molecule has 0 saturated carbocycles. The van der Waals surface area contributed by atoms with Crippen LogP contribution in [0, 0.1) is 12.8 Å². The molecule has 1 unspecified atom stereocenters. The van der Waals surface area contributed by atoms with Crippen LogP contribution in [0.4, 0.5) is 0 Å². The molecule has 13 heavy (non-hydrogen) atoms. The summed E-state index contributed by atoms with van der Waals surface area (Å²) >= 11 is 9.37. The van der Waals surface area contributed by atoms with E-state index in [1.54, 1.807) is 11.3 Å². The molecule has 4 heteroatoms. The number of nitrogens with zero attached hydrogens (tertiary/aromatic N) is 1. The molecule has 0 aromatic carbocycles. The zero-order valence-electron chi connectivity index (χ0n) is 7.92. The lowest BCUT2D eigenvalue weighted by atomic mass is 10.3. The summed E-state index contributed by atoms with van der Waals surface area (Å²) in [5, 5.41) is 3.32. The number of alkyl halides is 1. The fourth-order valence-corrected chi connectivity index (χ4v) is 3.05. The number of hydrogen-bond donors (Lipinski definition) is 0. The number of thiazole rings is 1. The summed E-state index contributed by atoms with van der Waals surface area (Å²) in [5.41, 5.74) is 1.13. The van der Waals surface area contributed by atoms with Gasteiger partial charge in [0.05, 0.1) is 0 Å². The van der Waals surface area contributed by atoms with Crippen molar-refractivity contribution in [3.63, 3.8) is 0 Å². The lowest BCUT2D eigenvalue weighted by molar-refractivity contribution is 0.759. The molecule has 1 heterocycles. The van der Waals surface area contributed by atoms with E-state index in [9.17, 15) is 0 Å². The monoisotopic (exact) mass is 235 g/mol. The van der Waals surface area contributed by atoms with Gasteiger partial charge in [0, 0.05) is 22.7 Å². The zero-order chi connectivity index (χ0) is 9.68. The van der Waals surface area contributed by atoms with Gasteiger partial charge in [-0.3, -0.25) is 0 Å². The van der Waals surface area contributed by atoms with Crippen molar-refractivity contribution in [2.45, 2.75) is 19.6 Å². The largest absolute Gasteiger partial charge is 0.246 e. The zero-order valence-corrected chi connectivity index (χ0v) is 10.3. The van der Waals surface area contributed by atoms with Gasteiger partial charge >= 0.3 is 0 Å². The number of aryl methyl sites for hydroxylation is 1. The quantitative estimate of drug-likeness (QED) is 0.724. The van der Waals surface area contributed by atoms with Crippen LogP contribution in [0.15, 0.2) is 5.38 Å². The normalized spacial score (nSPS) is 13.2. The average Bonchev–Trinajstić information content (AvgIpc) is 2.51. The van der Waals surface area contributed by atoms with Crippen LogP contribution in [0.2, 0.25) is 0 Å². The number of halogens is 1. The van der Waals surface area contributed by atoms with Crippen molar-refractivity contribution < 1.29 is 0 Å². The summed E-state index contributed by atoms with van der Waals surface area (Å²) in [7, 11) is 0. The first kappa shape index (κ1) is 11.3. The van der Waals surface area contributed by atoms with Gasteiger partial charge in [-0.25, -0.2) is 4.98 Å². The van der Waals surface area contributed by atoms with Crippen LogP contribution >= 0.6 is 34.7 Å². The number of aromatic nitrogens is 1. The third-order valence-electron chi connectivity index (χ3n) is 1.56. The molecular formula is C9H14ClNS2. The predicted octanol–water partition coefficient (Wildman–Crippen LogP) is 3.56. The van der Waals surface area contributed by atoms with Crippen LogP contribution in [0.1, 0.15) is 17.6 Å². The summed E-state index contributed by atoms with van der Waals surface area (Å²) in [4.78, 5) is 4.40. The Morgan fingerprint density at radius 2 is 2.46 bits per heavy atom. The highest BCUT2D eigenvalue weighted by atomic mass is 35.5. The molecule has 1 rings (SSSR count). The van der Waals surface area contributed by atoms with Crippen molar-refractivity contribution in [3.05, 3.63) is 16.1 Å². The second-order valence-electron chi connectivity index (χ2n) is 3.16. The Kier molecular flexibility index (Phi) is 5.14. The van der Waals surface area contributed by atoms with Crippen LogP contribution < -0.4 is 0 Å². The summed E-state index contributed by atoms with van der Waals surface area (Å²) in [6, 6.07) is 0. The minimum absolute atomic E-state index is 0.604. The number of rotatable bonds is 5. The maximum absolute atomic E-state index is 5.71. The van der Waals surface area contributed by atoms with Crippen molar-refractivity contribution in [1.29, 1.82) is 0 Å². The van der Waals surface area contributed by atoms with Crippen molar-refractivity contribution in [2.24, 2.45) is 5.92 Å². The molecule has 1 aromatic heterocycles. The van der Waals surface area contributed by atoms with Gasteiger partial charge in [0.2, 0.25) is 0 Å². The van der Waals surface area contributed by atoms with Gasteiger partial charge in [-0.2, -0.15) is 11.8 Å². The topological polar surface area (TPSA) is 12.9 Å². The standard InChI is InChI=1S/C9H14ClNS2/c1-7(3-10)4-12-6-9-11-8(2)5-13-9/h5,7H,3-4,6H2,1-2H3. The number of hydrogen-bond acceptors (Lipinski definition) is 3. The lowest BCUT2D eigenvalue weighted by Crippen LogP contribution is -1.99. The third kappa shape index (κ3) is 4.34. The summed E-state index contributed by atoms with van der Waals surface area (Å²) in [5.74, 6) is 3.51. The molecule has 0 N–H and O–H groups in total. The summed E-state index contributed by atoms with van der Waals surface area (Å²) in [6.45, 7) is 4.21. The van der Waals surface area contributed by atoms with Gasteiger partial charge < -0.3 is 0 Å². The highest BCUT2D eigenvalue weighted by Crippen LogP contribution is 2.18. The molecule has 0 bridgehead atoms. The second kappa shape index (κ2) is 5.89. The van der Waals surface area contributed by atoms with Gasteiger partial charge in [-0.1, -0.05) is 6.92 Å². The van der Waals surface area contributed by atoms with Crippen molar-refractivity contribution in [2.75, 3.05) is 11.6 Å². The van der Waals surface area contributed by atoms with E-state index < -0.39 is 0 Å². The molecule has 0 amide bonds. The molecular weight excluding hydrogens is 222 g/mol. The van der Waals surface area contributed by atoms with Crippen LogP contribution in [-0.2, 0) is 5.75 Å². The van der Waals surface area contributed by atoms with E-state index in [-0.39, 0.29) is 0 Å². The fraction of sp³-hybridized carbons (Fsp3) is 0.667. The van der Waals surface area contributed by atoms with Crippen LogP contribution in [0.5, 0.6) is 0 Å².